The molecule has 0 aliphatic heterocycles. The second kappa shape index (κ2) is 6.53. The van der Waals surface area contributed by atoms with Crippen LogP contribution in [-0.4, -0.2) is 11.8 Å². The van der Waals surface area contributed by atoms with Crippen LogP contribution in [0.25, 0.3) is 0 Å². The monoisotopic (exact) mass is 317 g/mol. The Labute approximate surface area is 122 Å². The van der Waals surface area contributed by atoms with Gasteiger partial charge in [0.2, 0.25) is 0 Å². The lowest BCUT2D eigenvalue weighted by atomic mass is 10.0. The average Bonchev–Trinajstić information content (AvgIpc) is 2.47. The zero-order valence-electron chi connectivity index (χ0n) is 10.8. The summed E-state index contributed by atoms with van der Waals surface area (Å²) in [5, 5.41) is 3.28. The molecule has 0 aromatic heterocycles. The Morgan fingerprint density at radius 1 is 1.11 bits per heavy atom. The zero-order valence-corrected chi connectivity index (χ0v) is 12.4. The lowest BCUT2D eigenvalue weighted by Crippen LogP contribution is -2.28. The normalized spacial score (nSPS) is 11.9. The number of nitrogens with one attached hydrogen (secondary N) is 1. The largest absolute Gasteiger partial charge is 0.375 e. The molecule has 0 fully saturated rings. The molecule has 1 unspecified atom stereocenters. The van der Waals surface area contributed by atoms with Gasteiger partial charge < -0.3 is 5.32 Å². The van der Waals surface area contributed by atoms with Crippen molar-refractivity contribution in [3.05, 3.63) is 64.6 Å². The van der Waals surface area contributed by atoms with Crippen LogP contribution in [0.15, 0.2) is 59.1 Å². The lowest BCUT2D eigenvalue weighted by molar-refractivity contribution is 0.0968. The van der Waals surface area contributed by atoms with Gasteiger partial charge in [-0.25, -0.2) is 0 Å². The minimum Gasteiger partial charge on any atom is -0.375 e. The summed E-state index contributed by atoms with van der Waals surface area (Å²) in [6.45, 7) is 2.01. The number of Topliss-reactive ketones (excluding diaryl/α,β-unsaturated/α-hetero) is 1. The van der Waals surface area contributed by atoms with Gasteiger partial charge in [-0.1, -0.05) is 53.2 Å². The molecule has 2 aromatic rings. The van der Waals surface area contributed by atoms with E-state index in [0.717, 1.165) is 22.1 Å². The third kappa shape index (κ3) is 3.67. The summed E-state index contributed by atoms with van der Waals surface area (Å²) in [6, 6.07) is 17.1. The molecule has 2 aromatic carbocycles. The molecule has 0 saturated carbocycles. The molecular formula is C16H16BrNO. The molecule has 2 rings (SSSR count). The maximum atomic E-state index is 12.4. The molecule has 1 N–H and O–H groups in total. The number of carbonyl (C=O) groups is 1. The number of hydrogen-bond acceptors (Lipinski definition) is 2. The molecule has 98 valence electrons. The summed E-state index contributed by atoms with van der Waals surface area (Å²) >= 11 is 3.40. The van der Waals surface area contributed by atoms with Gasteiger partial charge in [0.25, 0.3) is 0 Å². The Hall–Kier alpha value is -1.61. The van der Waals surface area contributed by atoms with Gasteiger partial charge in [0.05, 0.1) is 6.04 Å². The third-order valence-corrected chi connectivity index (χ3v) is 3.50. The topological polar surface area (TPSA) is 29.1 Å². The maximum Gasteiger partial charge on any atom is 0.184 e. The molecule has 0 spiro atoms. The van der Waals surface area contributed by atoms with E-state index in [4.69, 9.17) is 0 Å². The van der Waals surface area contributed by atoms with Crippen molar-refractivity contribution in [2.45, 2.75) is 19.4 Å². The Balaban J connectivity index is 2.12. The van der Waals surface area contributed by atoms with Crippen molar-refractivity contribution in [3.8, 4) is 0 Å². The van der Waals surface area contributed by atoms with Crippen LogP contribution >= 0.6 is 15.9 Å². The van der Waals surface area contributed by atoms with Crippen molar-refractivity contribution in [2.75, 3.05) is 5.32 Å². The van der Waals surface area contributed by atoms with Crippen LogP contribution in [0.4, 0.5) is 5.69 Å². The number of halogens is 1. The van der Waals surface area contributed by atoms with E-state index < -0.39 is 0 Å². The molecule has 3 heteroatoms. The second-order valence-corrected chi connectivity index (χ2v) is 5.26. The summed E-state index contributed by atoms with van der Waals surface area (Å²) in [4.78, 5) is 12.4. The van der Waals surface area contributed by atoms with E-state index in [0.29, 0.717) is 0 Å². The zero-order chi connectivity index (χ0) is 13.7. The summed E-state index contributed by atoms with van der Waals surface area (Å²) in [7, 11) is 0. The number of carbonyl (C=O) groups excluding carboxylic acids is 1. The Morgan fingerprint density at radius 2 is 1.74 bits per heavy atom. The summed E-state index contributed by atoms with van der Waals surface area (Å²) in [5.41, 5.74) is 1.71. The second-order valence-electron chi connectivity index (χ2n) is 4.34. The first-order valence-corrected chi connectivity index (χ1v) is 7.11. The van der Waals surface area contributed by atoms with Crippen LogP contribution in [0.5, 0.6) is 0 Å². The van der Waals surface area contributed by atoms with E-state index >= 15 is 0 Å². The number of ketones is 1. The van der Waals surface area contributed by atoms with E-state index in [1.54, 1.807) is 0 Å². The van der Waals surface area contributed by atoms with Crippen molar-refractivity contribution in [2.24, 2.45) is 0 Å². The van der Waals surface area contributed by atoms with E-state index in [-0.39, 0.29) is 11.8 Å². The van der Waals surface area contributed by atoms with Gasteiger partial charge in [-0.15, -0.1) is 0 Å². The number of anilines is 1. The highest BCUT2D eigenvalue weighted by Crippen LogP contribution is 2.17. The summed E-state index contributed by atoms with van der Waals surface area (Å²) in [6.07, 6.45) is 0.754. The maximum absolute atomic E-state index is 12.4. The summed E-state index contributed by atoms with van der Waals surface area (Å²) < 4.78 is 1.03. The van der Waals surface area contributed by atoms with Crippen molar-refractivity contribution in [1.82, 2.24) is 0 Å². The number of hydrogen-bond donors (Lipinski definition) is 1. The molecule has 0 aliphatic rings. The van der Waals surface area contributed by atoms with Crippen molar-refractivity contribution in [1.29, 1.82) is 0 Å². The molecule has 19 heavy (non-hydrogen) atoms. The quantitative estimate of drug-likeness (QED) is 0.821. The van der Waals surface area contributed by atoms with Crippen LogP contribution in [0.1, 0.15) is 23.7 Å². The fraction of sp³-hybridized carbons (Fsp3) is 0.188. The van der Waals surface area contributed by atoms with E-state index in [1.807, 2.05) is 61.5 Å². The molecule has 0 bridgehead atoms. The molecular weight excluding hydrogens is 302 g/mol. The van der Waals surface area contributed by atoms with Crippen LogP contribution in [0.3, 0.4) is 0 Å². The van der Waals surface area contributed by atoms with Crippen molar-refractivity contribution >= 4 is 27.4 Å². The molecule has 0 amide bonds. The van der Waals surface area contributed by atoms with Crippen LogP contribution < -0.4 is 5.32 Å². The highest BCUT2D eigenvalue weighted by Gasteiger charge is 2.17. The van der Waals surface area contributed by atoms with E-state index in [2.05, 4.69) is 21.2 Å². The molecule has 2 nitrogen and oxygen atoms in total. The van der Waals surface area contributed by atoms with E-state index in [1.165, 1.54) is 0 Å². The first-order chi connectivity index (χ1) is 9.20. The molecule has 0 radical (unpaired) electrons. The standard InChI is InChI=1S/C16H16BrNO/c1-2-15(16(19)12-6-4-3-5-7-12)18-14-10-8-13(17)9-11-14/h3-11,15,18H,2H2,1H3. The highest BCUT2D eigenvalue weighted by molar-refractivity contribution is 9.10. The fourth-order valence-corrected chi connectivity index (χ4v) is 2.17. The average molecular weight is 318 g/mol. The fourth-order valence-electron chi connectivity index (χ4n) is 1.90. The lowest BCUT2D eigenvalue weighted by Gasteiger charge is -2.17. The van der Waals surface area contributed by atoms with Gasteiger partial charge in [-0.05, 0) is 30.7 Å². The first-order valence-electron chi connectivity index (χ1n) is 6.32. The minimum absolute atomic E-state index is 0.131. The molecule has 0 aliphatic carbocycles. The predicted molar refractivity (Wildman–Crippen MR) is 82.6 cm³/mol. The smallest absolute Gasteiger partial charge is 0.184 e. The van der Waals surface area contributed by atoms with Crippen LogP contribution in [0, 0.1) is 0 Å². The third-order valence-electron chi connectivity index (χ3n) is 2.97. The highest BCUT2D eigenvalue weighted by atomic mass is 79.9. The SMILES string of the molecule is CCC(Nc1ccc(Br)cc1)C(=O)c1ccccc1. The first kappa shape index (κ1) is 13.8. The minimum atomic E-state index is -0.191. The molecule has 0 saturated heterocycles. The van der Waals surface area contributed by atoms with E-state index in [9.17, 15) is 4.79 Å². The van der Waals surface area contributed by atoms with Gasteiger partial charge >= 0.3 is 0 Å². The predicted octanol–water partition coefficient (Wildman–Crippen LogP) is 4.52. The number of benzene rings is 2. The van der Waals surface area contributed by atoms with Gasteiger partial charge in [0.15, 0.2) is 5.78 Å². The van der Waals surface area contributed by atoms with Gasteiger partial charge in [-0.2, -0.15) is 0 Å². The Bertz CT molecular complexity index is 536. The van der Waals surface area contributed by atoms with Crippen LogP contribution in [-0.2, 0) is 0 Å². The van der Waals surface area contributed by atoms with Crippen LogP contribution in [0.2, 0.25) is 0 Å². The number of rotatable bonds is 5. The Kier molecular flexibility index (Phi) is 4.74. The Morgan fingerprint density at radius 3 is 2.32 bits per heavy atom. The summed E-state index contributed by atoms with van der Waals surface area (Å²) in [5.74, 6) is 0.131. The molecule has 0 heterocycles. The van der Waals surface area contributed by atoms with Gasteiger partial charge in [-0.3, -0.25) is 4.79 Å². The van der Waals surface area contributed by atoms with Gasteiger partial charge in [0, 0.05) is 15.7 Å². The van der Waals surface area contributed by atoms with Crippen molar-refractivity contribution < 1.29 is 4.79 Å². The van der Waals surface area contributed by atoms with Crippen molar-refractivity contribution in [3.63, 3.8) is 0 Å². The molecule has 1 atom stereocenters. The van der Waals surface area contributed by atoms with Gasteiger partial charge in [0.1, 0.15) is 0 Å².